The molecule has 0 atom stereocenters. The van der Waals surface area contributed by atoms with Gasteiger partial charge >= 0.3 is 0 Å². The Morgan fingerprint density at radius 3 is 2.69 bits per heavy atom. The number of rotatable bonds is 3. The average molecular weight is 183 g/mol. The van der Waals surface area contributed by atoms with Crippen LogP contribution in [0.4, 0.5) is 4.39 Å². The Morgan fingerprint density at radius 2 is 2.15 bits per heavy atom. The van der Waals surface area contributed by atoms with Crippen molar-refractivity contribution in [1.82, 2.24) is 0 Å². The Bertz CT molecular complexity index is 299. The number of aryl methyl sites for hydroxylation is 1. The molecular formula is C10H14FNO. The van der Waals surface area contributed by atoms with E-state index in [2.05, 4.69) is 0 Å². The van der Waals surface area contributed by atoms with Gasteiger partial charge in [-0.25, -0.2) is 4.39 Å². The molecule has 0 aromatic heterocycles. The van der Waals surface area contributed by atoms with Gasteiger partial charge in [0.15, 0.2) is 0 Å². The van der Waals surface area contributed by atoms with Crippen molar-refractivity contribution >= 4 is 0 Å². The van der Waals surface area contributed by atoms with Gasteiger partial charge in [0.05, 0.1) is 6.61 Å². The fourth-order valence-corrected chi connectivity index (χ4v) is 1.30. The summed E-state index contributed by atoms with van der Waals surface area (Å²) in [7, 11) is 0. The maximum Gasteiger partial charge on any atom is 0.126 e. The summed E-state index contributed by atoms with van der Waals surface area (Å²) in [4.78, 5) is 0. The van der Waals surface area contributed by atoms with Gasteiger partial charge in [0.2, 0.25) is 0 Å². The third-order valence-corrected chi connectivity index (χ3v) is 1.82. The van der Waals surface area contributed by atoms with Crippen LogP contribution in [-0.4, -0.2) is 6.61 Å². The predicted molar refractivity (Wildman–Crippen MR) is 50.2 cm³/mol. The van der Waals surface area contributed by atoms with Crippen LogP contribution in [0.5, 0.6) is 5.75 Å². The van der Waals surface area contributed by atoms with Crippen LogP contribution in [0, 0.1) is 12.7 Å². The van der Waals surface area contributed by atoms with Crippen molar-refractivity contribution in [3.63, 3.8) is 0 Å². The highest BCUT2D eigenvalue weighted by molar-refractivity contribution is 5.41. The van der Waals surface area contributed by atoms with Gasteiger partial charge in [-0.2, -0.15) is 0 Å². The molecule has 1 aromatic carbocycles. The van der Waals surface area contributed by atoms with Crippen LogP contribution in [0.15, 0.2) is 12.1 Å². The third-order valence-electron chi connectivity index (χ3n) is 1.82. The van der Waals surface area contributed by atoms with Crippen LogP contribution in [0.25, 0.3) is 0 Å². The highest BCUT2D eigenvalue weighted by Gasteiger charge is 2.07. The van der Waals surface area contributed by atoms with E-state index in [1.165, 1.54) is 12.1 Å². The Morgan fingerprint density at radius 1 is 1.46 bits per heavy atom. The number of ether oxygens (including phenoxy) is 1. The molecule has 0 spiro atoms. The molecule has 2 N–H and O–H groups in total. The van der Waals surface area contributed by atoms with E-state index in [1.54, 1.807) is 0 Å². The zero-order valence-electron chi connectivity index (χ0n) is 7.93. The van der Waals surface area contributed by atoms with Crippen LogP contribution < -0.4 is 10.5 Å². The van der Waals surface area contributed by atoms with Gasteiger partial charge in [0.25, 0.3) is 0 Å². The van der Waals surface area contributed by atoms with Gasteiger partial charge in [0, 0.05) is 12.1 Å². The standard InChI is InChI=1S/C10H14FNO/c1-3-13-10-7(2)4-9(11)5-8(10)6-12/h4-5H,3,6,12H2,1-2H3. The first kappa shape index (κ1) is 9.99. The quantitative estimate of drug-likeness (QED) is 0.777. The first-order valence-electron chi connectivity index (χ1n) is 4.31. The van der Waals surface area contributed by atoms with Crippen LogP contribution in [0.1, 0.15) is 18.1 Å². The van der Waals surface area contributed by atoms with E-state index in [0.717, 1.165) is 11.1 Å². The molecule has 3 heteroatoms. The molecular weight excluding hydrogens is 169 g/mol. The zero-order chi connectivity index (χ0) is 9.84. The topological polar surface area (TPSA) is 35.2 Å². The first-order valence-corrected chi connectivity index (χ1v) is 4.31. The second kappa shape index (κ2) is 4.23. The summed E-state index contributed by atoms with van der Waals surface area (Å²) in [6.45, 7) is 4.57. The van der Waals surface area contributed by atoms with Crippen LogP contribution in [-0.2, 0) is 6.54 Å². The van der Waals surface area contributed by atoms with Crippen LogP contribution in [0.3, 0.4) is 0 Å². The van der Waals surface area contributed by atoms with E-state index in [0.29, 0.717) is 18.9 Å². The lowest BCUT2D eigenvalue weighted by atomic mass is 10.1. The van der Waals surface area contributed by atoms with Crippen molar-refractivity contribution in [2.24, 2.45) is 5.73 Å². The molecule has 0 saturated carbocycles. The summed E-state index contributed by atoms with van der Waals surface area (Å²) in [5.41, 5.74) is 6.99. The van der Waals surface area contributed by atoms with Crippen molar-refractivity contribution in [2.45, 2.75) is 20.4 Å². The molecule has 0 fully saturated rings. The minimum Gasteiger partial charge on any atom is -0.493 e. The van der Waals surface area contributed by atoms with Gasteiger partial charge in [-0.1, -0.05) is 0 Å². The van der Waals surface area contributed by atoms with E-state index in [1.807, 2.05) is 13.8 Å². The second-order valence-electron chi connectivity index (χ2n) is 2.85. The Hall–Kier alpha value is -1.09. The van der Waals surface area contributed by atoms with Gasteiger partial charge in [-0.05, 0) is 31.5 Å². The number of hydrogen-bond acceptors (Lipinski definition) is 2. The Labute approximate surface area is 77.5 Å². The molecule has 72 valence electrons. The number of benzene rings is 1. The minimum atomic E-state index is -0.263. The lowest BCUT2D eigenvalue weighted by Gasteiger charge is -2.11. The first-order chi connectivity index (χ1) is 6.19. The van der Waals surface area contributed by atoms with Crippen LogP contribution >= 0.6 is 0 Å². The second-order valence-corrected chi connectivity index (χ2v) is 2.85. The highest BCUT2D eigenvalue weighted by Crippen LogP contribution is 2.24. The molecule has 1 rings (SSSR count). The van der Waals surface area contributed by atoms with E-state index >= 15 is 0 Å². The minimum absolute atomic E-state index is 0.263. The Balaban J connectivity index is 3.13. The van der Waals surface area contributed by atoms with Crippen molar-refractivity contribution in [3.8, 4) is 5.75 Å². The number of hydrogen-bond donors (Lipinski definition) is 1. The van der Waals surface area contributed by atoms with Gasteiger partial charge in [-0.3, -0.25) is 0 Å². The van der Waals surface area contributed by atoms with Crippen molar-refractivity contribution in [1.29, 1.82) is 0 Å². The van der Waals surface area contributed by atoms with E-state index < -0.39 is 0 Å². The maximum absolute atomic E-state index is 12.9. The normalized spacial score (nSPS) is 10.2. The number of halogens is 1. The van der Waals surface area contributed by atoms with E-state index in [4.69, 9.17) is 10.5 Å². The molecule has 13 heavy (non-hydrogen) atoms. The fourth-order valence-electron chi connectivity index (χ4n) is 1.30. The summed E-state index contributed by atoms with van der Waals surface area (Å²) in [5, 5.41) is 0. The molecule has 0 radical (unpaired) electrons. The summed E-state index contributed by atoms with van der Waals surface area (Å²) in [5.74, 6) is 0.452. The lowest BCUT2D eigenvalue weighted by Crippen LogP contribution is -2.04. The highest BCUT2D eigenvalue weighted by atomic mass is 19.1. The van der Waals surface area contributed by atoms with Crippen molar-refractivity contribution in [3.05, 3.63) is 29.1 Å². The van der Waals surface area contributed by atoms with Gasteiger partial charge in [-0.15, -0.1) is 0 Å². The molecule has 0 amide bonds. The third kappa shape index (κ3) is 2.18. The summed E-state index contributed by atoms with van der Waals surface area (Å²) in [6, 6.07) is 2.86. The van der Waals surface area contributed by atoms with E-state index in [-0.39, 0.29) is 5.82 Å². The fraction of sp³-hybridized carbons (Fsp3) is 0.400. The summed E-state index contributed by atoms with van der Waals surface area (Å²) < 4.78 is 18.3. The molecule has 2 nitrogen and oxygen atoms in total. The maximum atomic E-state index is 12.9. The average Bonchev–Trinajstić information content (AvgIpc) is 2.09. The van der Waals surface area contributed by atoms with Gasteiger partial charge < -0.3 is 10.5 Å². The number of nitrogens with two attached hydrogens (primary N) is 1. The summed E-state index contributed by atoms with van der Waals surface area (Å²) in [6.07, 6.45) is 0. The monoisotopic (exact) mass is 183 g/mol. The van der Waals surface area contributed by atoms with Gasteiger partial charge in [0.1, 0.15) is 11.6 Å². The molecule has 0 unspecified atom stereocenters. The molecule has 0 aliphatic heterocycles. The predicted octanol–water partition coefficient (Wildman–Crippen LogP) is 1.99. The largest absolute Gasteiger partial charge is 0.493 e. The van der Waals surface area contributed by atoms with E-state index in [9.17, 15) is 4.39 Å². The molecule has 1 aromatic rings. The lowest BCUT2D eigenvalue weighted by molar-refractivity contribution is 0.333. The van der Waals surface area contributed by atoms with Crippen molar-refractivity contribution in [2.75, 3.05) is 6.61 Å². The molecule has 0 heterocycles. The molecule has 0 aliphatic carbocycles. The Kier molecular flexibility index (Phi) is 3.25. The smallest absolute Gasteiger partial charge is 0.126 e. The summed E-state index contributed by atoms with van der Waals surface area (Å²) >= 11 is 0. The molecule has 0 aliphatic rings. The van der Waals surface area contributed by atoms with Crippen molar-refractivity contribution < 1.29 is 9.13 Å². The molecule has 0 saturated heterocycles. The van der Waals surface area contributed by atoms with Crippen LogP contribution in [0.2, 0.25) is 0 Å². The SMILES string of the molecule is CCOc1c(C)cc(F)cc1CN. The zero-order valence-corrected chi connectivity index (χ0v) is 7.93. The molecule has 0 bridgehead atoms.